The van der Waals surface area contributed by atoms with E-state index < -0.39 is 8.97 Å². The summed E-state index contributed by atoms with van der Waals surface area (Å²) < 4.78 is 26.2. The summed E-state index contributed by atoms with van der Waals surface area (Å²) in [6.45, 7) is 5.55. The molecule has 0 saturated heterocycles. The first-order chi connectivity index (χ1) is 15.0. The molecule has 1 aromatic rings. The third kappa shape index (κ3) is 10.2. The predicted molar refractivity (Wildman–Crippen MR) is 114 cm³/mol. The summed E-state index contributed by atoms with van der Waals surface area (Å²) in [5, 5.41) is 23.6. The zero-order valence-electron chi connectivity index (χ0n) is 17.6. The van der Waals surface area contributed by atoms with Crippen LogP contribution in [0.15, 0.2) is 23.1 Å². The Morgan fingerprint density at radius 2 is 1.42 bits per heavy atom. The minimum atomic E-state index is -0.535. The van der Waals surface area contributed by atoms with Crippen LogP contribution >= 0.6 is 11.9 Å². The number of hydrogen-bond acceptors (Lipinski definition) is 10. The minimum absolute atomic E-state index is 0.00521. The lowest BCUT2D eigenvalue weighted by molar-refractivity contribution is -0.753. The van der Waals surface area contributed by atoms with Gasteiger partial charge in [0.1, 0.15) is 25.0 Å². The van der Waals surface area contributed by atoms with Crippen molar-refractivity contribution in [3.8, 4) is 0 Å². The molecule has 1 aliphatic rings. The van der Waals surface area contributed by atoms with Crippen LogP contribution in [0, 0.1) is 15.3 Å². The molecule has 0 fully saturated rings. The molecule has 1 unspecified atom stereocenters. The topological polar surface area (TPSA) is 138 Å². The van der Waals surface area contributed by atoms with E-state index in [-0.39, 0.29) is 18.8 Å². The third-order valence-electron chi connectivity index (χ3n) is 4.26. The predicted octanol–water partition coefficient (Wildman–Crippen LogP) is 1.47. The Labute approximate surface area is 186 Å². The van der Waals surface area contributed by atoms with Gasteiger partial charge in [0.2, 0.25) is 0 Å². The van der Waals surface area contributed by atoms with Gasteiger partial charge < -0.3 is 34.6 Å². The number of fused-ring (bicyclic) bond motifs is 1. The van der Waals surface area contributed by atoms with Crippen molar-refractivity contribution >= 4 is 17.6 Å². The summed E-state index contributed by atoms with van der Waals surface area (Å²) in [7, 11) is 0. The Morgan fingerprint density at radius 1 is 0.903 bits per heavy atom. The fourth-order valence-corrected chi connectivity index (χ4v) is 3.85. The molecule has 1 atom stereocenters. The van der Waals surface area contributed by atoms with Crippen molar-refractivity contribution in [2.24, 2.45) is 5.73 Å². The Balaban J connectivity index is 1.41. The van der Waals surface area contributed by atoms with E-state index in [0.29, 0.717) is 78.2 Å². The van der Waals surface area contributed by atoms with Crippen LogP contribution in [0.3, 0.4) is 0 Å². The fourth-order valence-electron chi connectivity index (χ4n) is 2.76. The van der Waals surface area contributed by atoms with Crippen LogP contribution in [0.1, 0.15) is 5.56 Å². The van der Waals surface area contributed by atoms with Crippen LogP contribution in [-0.4, -0.2) is 88.1 Å². The summed E-state index contributed by atoms with van der Waals surface area (Å²) in [5.41, 5.74) is 6.02. The van der Waals surface area contributed by atoms with E-state index in [2.05, 4.69) is 0 Å². The summed E-state index contributed by atoms with van der Waals surface area (Å²) >= 11 is 1.16. The summed E-state index contributed by atoms with van der Waals surface area (Å²) in [5.74, 6) is 0. The van der Waals surface area contributed by atoms with Crippen molar-refractivity contribution < 1.29 is 32.7 Å². The third-order valence-corrected chi connectivity index (χ3v) is 5.50. The number of hydrogen-bond donors (Lipinski definition) is 1. The van der Waals surface area contributed by atoms with Gasteiger partial charge in [0.25, 0.3) is 5.69 Å². The number of quaternary nitrogens is 1. The lowest BCUT2D eigenvalue weighted by Crippen LogP contribution is -2.34. The van der Waals surface area contributed by atoms with Gasteiger partial charge in [0, 0.05) is 24.2 Å². The zero-order valence-corrected chi connectivity index (χ0v) is 18.4. The molecule has 0 radical (unpaired) electrons. The van der Waals surface area contributed by atoms with Crippen LogP contribution in [0.25, 0.3) is 0 Å². The normalized spacial score (nSPS) is 17.7. The van der Waals surface area contributed by atoms with E-state index in [4.69, 9.17) is 29.4 Å². The number of nitrogens with two attached hydrogens (primary N) is 1. The number of nitrogens with zero attached hydrogens (tertiary/aromatic N) is 2. The molecule has 2 N–H and O–H groups in total. The number of ether oxygens (including phenoxy) is 5. The highest BCUT2D eigenvalue weighted by atomic mass is 32.2. The highest BCUT2D eigenvalue weighted by molar-refractivity contribution is 7.94. The summed E-state index contributed by atoms with van der Waals surface area (Å²) in [4.78, 5) is 11.2. The molecule has 1 aromatic carbocycles. The number of hydroxylamine groups is 2. The lowest BCUT2D eigenvalue weighted by atomic mass is 10.2. The van der Waals surface area contributed by atoms with Crippen molar-refractivity contribution in [3.05, 3.63) is 39.1 Å². The van der Waals surface area contributed by atoms with E-state index >= 15 is 0 Å². The first-order valence-corrected chi connectivity index (χ1v) is 11.0. The molecule has 1 aliphatic heterocycles. The van der Waals surface area contributed by atoms with Gasteiger partial charge >= 0.3 is 0 Å². The molecule has 0 spiro atoms. The molecule has 11 nitrogen and oxygen atoms in total. The van der Waals surface area contributed by atoms with Gasteiger partial charge in [-0.2, -0.15) is 0 Å². The average Bonchev–Trinajstić information content (AvgIpc) is 3.08. The average molecular weight is 462 g/mol. The molecule has 2 rings (SSSR count). The maximum Gasteiger partial charge on any atom is 0.270 e. The molecular formula is C19H31N3O8S. The van der Waals surface area contributed by atoms with Gasteiger partial charge in [0.05, 0.1) is 75.9 Å². The molecule has 0 aliphatic carbocycles. The van der Waals surface area contributed by atoms with Crippen molar-refractivity contribution in [1.82, 2.24) is 0 Å². The molecule has 31 heavy (non-hydrogen) atoms. The van der Waals surface area contributed by atoms with Gasteiger partial charge in [-0.15, -0.1) is 0 Å². The van der Waals surface area contributed by atoms with Crippen molar-refractivity contribution in [3.63, 3.8) is 0 Å². The zero-order chi connectivity index (χ0) is 22.4. The second kappa shape index (κ2) is 14.7. The molecule has 12 heteroatoms. The van der Waals surface area contributed by atoms with E-state index in [0.717, 1.165) is 16.8 Å². The summed E-state index contributed by atoms with van der Waals surface area (Å²) in [6.07, 6.45) is 0. The number of benzene rings is 1. The number of non-ortho nitro benzene ring substituents is 1. The van der Waals surface area contributed by atoms with Crippen LogP contribution < -0.4 is 5.73 Å². The van der Waals surface area contributed by atoms with Gasteiger partial charge in [-0.25, -0.2) is 0 Å². The maximum absolute atomic E-state index is 12.8. The van der Waals surface area contributed by atoms with E-state index in [9.17, 15) is 15.3 Å². The molecule has 0 saturated carbocycles. The highest BCUT2D eigenvalue weighted by Gasteiger charge is 2.32. The Hall–Kier alpha value is -1.35. The first-order valence-electron chi connectivity index (χ1n) is 10.2. The first kappa shape index (κ1) is 25.9. The molecule has 0 amide bonds. The van der Waals surface area contributed by atoms with E-state index in [1.165, 1.54) is 12.1 Å². The van der Waals surface area contributed by atoms with Gasteiger partial charge in [-0.3, -0.25) is 14.2 Å². The van der Waals surface area contributed by atoms with Gasteiger partial charge in [0.15, 0.2) is 0 Å². The SMILES string of the molecule is NCCOCCOCCOCCOCCOCC[N+]1([O-])Cc2cc([N+](=O)[O-])ccc2S1. The molecule has 176 valence electrons. The maximum atomic E-state index is 12.8. The smallest absolute Gasteiger partial charge is 0.270 e. The van der Waals surface area contributed by atoms with Crippen LogP contribution in [0.5, 0.6) is 0 Å². The van der Waals surface area contributed by atoms with Crippen LogP contribution in [0.2, 0.25) is 0 Å². The molecular weight excluding hydrogens is 430 g/mol. The number of nitro benzene ring substituents is 1. The van der Waals surface area contributed by atoms with Crippen LogP contribution in [0.4, 0.5) is 5.69 Å². The van der Waals surface area contributed by atoms with Gasteiger partial charge in [-0.1, -0.05) is 0 Å². The number of nitro groups is 1. The minimum Gasteiger partial charge on any atom is -0.619 e. The summed E-state index contributed by atoms with van der Waals surface area (Å²) in [6, 6.07) is 4.53. The van der Waals surface area contributed by atoms with Crippen molar-refractivity contribution in [2.45, 2.75) is 11.4 Å². The quantitative estimate of drug-likeness (QED) is 0.0854. The highest BCUT2D eigenvalue weighted by Crippen LogP contribution is 2.43. The Morgan fingerprint density at radius 3 is 1.94 bits per heavy atom. The van der Waals surface area contributed by atoms with Crippen LogP contribution in [-0.2, 0) is 30.2 Å². The fraction of sp³-hybridized carbons (Fsp3) is 0.684. The molecule has 0 bridgehead atoms. The number of rotatable bonds is 18. The van der Waals surface area contributed by atoms with E-state index in [1.54, 1.807) is 6.07 Å². The Kier molecular flexibility index (Phi) is 12.3. The molecule has 1 heterocycles. The Bertz CT molecular complexity index is 669. The van der Waals surface area contributed by atoms with Gasteiger partial charge in [-0.05, 0) is 6.07 Å². The largest absolute Gasteiger partial charge is 0.619 e. The van der Waals surface area contributed by atoms with Crippen molar-refractivity contribution in [1.29, 1.82) is 0 Å². The standard InChI is InChI=1S/C19H31N3O8S/c20-3-5-26-7-9-28-11-13-30-14-12-29-10-8-27-6-4-22(25)16-17-15-18(21(23)24)1-2-19(17)31-22/h1-2,15H,3-14,16,20H2. The second-order valence-electron chi connectivity index (χ2n) is 6.69. The molecule has 0 aromatic heterocycles. The monoisotopic (exact) mass is 461 g/mol. The lowest BCUT2D eigenvalue weighted by Gasteiger charge is -2.34. The van der Waals surface area contributed by atoms with E-state index in [1.807, 2.05) is 0 Å². The van der Waals surface area contributed by atoms with Crippen molar-refractivity contribution in [2.75, 3.05) is 79.2 Å². The second-order valence-corrected chi connectivity index (χ2v) is 7.98.